The number of fused-ring (bicyclic) bond motifs is 1. The summed E-state index contributed by atoms with van der Waals surface area (Å²) in [6.45, 7) is 6.94. The number of urea groups is 1. The van der Waals surface area contributed by atoms with Crippen molar-refractivity contribution in [2.75, 3.05) is 28.2 Å². The van der Waals surface area contributed by atoms with Crippen molar-refractivity contribution in [1.29, 1.82) is 5.26 Å². The van der Waals surface area contributed by atoms with Gasteiger partial charge in [-0.1, -0.05) is 63.2 Å². The first-order valence-electron chi connectivity index (χ1n) is 15.1. The van der Waals surface area contributed by atoms with Crippen LogP contribution in [-0.2, 0) is 25.0 Å². The topological polar surface area (TPSA) is 187 Å². The number of pyridine rings is 1. The maximum absolute atomic E-state index is 12.8. The number of rotatable bonds is 12. The van der Waals surface area contributed by atoms with Crippen LogP contribution in [0.15, 0.2) is 65.3 Å². The van der Waals surface area contributed by atoms with Crippen LogP contribution in [0, 0.1) is 11.3 Å². The molecule has 2 aromatic carbocycles. The summed E-state index contributed by atoms with van der Waals surface area (Å²) in [6, 6.07) is 17.7. The maximum Gasteiger partial charge on any atom is 0.324 e. The summed E-state index contributed by atoms with van der Waals surface area (Å²) in [7, 11) is -3.95. The Morgan fingerprint density at radius 1 is 0.979 bits per heavy atom. The van der Waals surface area contributed by atoms with Crippen molar-refractivity contribution in [2.24, 2.45) is 0 Å². The zero-order valence-electron chi connectivity index (χ0n) is 26.7. The molecule has 2 heterocycles. The number of nitrogens with zero attached hydrogens (tertiary/aromatic N) is 4. The fourth-order valence-electron chi connectivity index (χ4n) is 4.71. The molecule has 0 unspecified atom stereocenters. The lowest BCUT2D eigenvalue weighted by Gasteiger charge is -2.18. The van der Waals surface area contributed by atoms with Crippen LogP contribution >= 0.6 is 0 Å². The number of aromatic nitrogens is 2. The average molecular weight is 660 g/mol. The minimum absolute atomic E-state index is 0.0332. The average Bonchev–Trinajstić information content (AvgIpc) is 3.51. The van der Waals surface area contributed by atoms with E-state index in [0.717, 1.165) is 21.9 Å². The zero-order valence-corrected chi connectivity index (χ0v) is 27.5. The minimum Gasteiger partial charge on any atom is -0.359 e. The van der Waals surface area contributed by atoms with E-state index >= 15 is 0 Å². The Morgan fingerprint density at radius 3 is 2.38 bits per heavy atom. The van der Waals surface area contributed by atoms with E-state index in [-0.39, 0.29) is 42.8 Å². The highest BCUT2D eigenvalue weighted by Crippen LogP contribution is 2.32. The molecule has 14 heteroatoms. The number of anilines is 3. The van der Waals surface area contributed by atoms with Gasteiger partial charge < -0.3 is 15.2 Å². The van der Waals surface area contributed by atoms with Crippen molar-refractivity contribution in [3.63, 3.8) is 0 Å². The Hall–Kier alpha value is -5.29. The predicted molar refractivity (Wildman–Crippen MR) is 179 cm³/mol. The highest BCUT2D eigenvalue weighted by atomic mass is 32.2. The first-order valence-corrected chi connectivity index (χ1v) is 16.7. The van der Waals surface area contributed by atoms with Crippen LogP contribution in [0.4, 0.5) is 22.1 Å². The zero-order chi connectivity index (χ0) is 34.2. The largest absolute Gasteiger partial charge is 0.359 e. The van der Waals surface area contributed by atoms with E-state index in [4.69, 9.17) is 9.78 Å². The molecule has 13 nitrogen and oxygen atoms in total. The first-order chi connectivity index (χ1) is 22.3. The van der Waals surface area contributed by atoms with E-state index in [0.29, 0.717) is 27.4 Å². The van der Waals surface area contributed by atoms with Crippen molar-refractivity contribution in [2.45, 2.75) is 58.8 Å². The fraction of sp³-hybridized carbons (Fsp3) is 0.333. The van der Waals surface area contributed by atoms with Crippen molar-refractivity contribution in [3.05, 3.63) is 66.6 Å². The molecule has 0 aliphatic heterocycles. The Labute approximate surface area is 273 Å². The van der Waals surface area contributed by atoms with Gasteiger partial charge in [-0.05, 0) is 47.6 Å². The Bertz CT molecular complexity index is 1910. The number of carbonyl (C=O) groups excluding carboxylic acids is 3. The third-order valence-corrected chi connectivity index (χ3v) is 9.00. The van der Waals surface area contributed by atoms with Crippen LogP contribution in [0.2, 0.25) is 0 Å². The summed E-state index contributed by atoms with van der Waals surface area (Å²) in [5.41, 5.74) is 2.10. The number of hydrogen-bond acceptors (Lipinski definition) is 9. The Balaban J connectivity index is 1.37. The van der Waals surface area contributed by atoms with Gasteiger partial charge >= 0.3 is 6.03 Å². The quantitative estimate of drug-likeness (QED) is 0.120. The molecular formula is C33H37N7O6S. The number of hydrogen-bond donors (Lipinski definition) is 3. The van der Waals surface area contributed by atoms with Gasteiger partial charge in [0, 0.05) is 41.6 Å². The van der Waals surface area contributed by atoms with Gasteiger partial charge in [0.15, 0.2) is 5.82 Å². The van der Waals surface area contributed by atoms with Gasteiger partial charge in [0.1, 0.15) is 18.1 Å². The van der Waals surface area contributed by atoms with Gasteiger partial charge in [-0.15, -0.1) is 0 Å². The SMILES string of the molecule is CCC(=O)N(CC#N)S(=O)(=O)CCCCC(=O)Nc1nccc2c(-c3ccc(NC(=O)Nc4cc(C(C)(C)C)on4)cc3)cccc12. The second-order valence-electron chi connectivity index (χ2n) is 11.8. The number of nitriles is 1. The smallest absolute Gasteiger partial charge is 0.324 e. The molecule has 0 fully saturated rings. The Morgan fingerprint density at radius 2 is 1.72 bits per heavy atom. The van der Waals surface area contributed by atoms with E-state index in [1.807, 2.05) is 57.2 Å². The van der Waals surface area contributed by atoms with Crippen LogP contribution < -0.4 is 16.0 Å². The molecule has 4 amide bonds. The number of benzene rings is 2. The first kappa shape index (κ1) is 34.6. The van der Waals surface area contributed by atoms with Crippen molar-refractivity contribution >= 4 is 56.0 Å². The van der Waals surface area contributed by atoms with Gasteiger partial charge in [0.05, 0.1) is 11.8 Å². The summed E-state index contributed by atoms with van der Waals surface area (Å²) in [5.74, 6) is 0.0177. The number of carbonyl (C=O) groups is 3. The lowest BCUT2D eigenvalue weighted by molar-refractivity contribution is -0.125. The number of sulfonamides is 1. The van der Waals surface area contributed by atoms with Crippen LogP contribution in [0.25, 0.3) is 21.9 Å². The standard InChI is InChI=1S/C33H37N7O6S/c1-5-30(42)40(19-17-34)47(44,45)20-7-6-11-29(41)38-31-26-10-8-9-24(25(26)16-18-35-31)22-12-14-23(15-13-22)36-32(43)37-28-21-27(46-39-28)33(2,3)4/h8-10,12-16,18,21H,5-7,11,19-20H2,1-4H3,(H,35,38,41)(H2,36,37,39,43). The van der Waals surface area contributed by atoms with Crippen molar-refractivity contribution in [3.8, 4) is 17.2 Å². The minimum atomic E-state index is -3.95. The lowest BCUT2D eigenvalue weighted by atomic mass is 9.93. The van der Waals surface area contributed by atoms with Crippen LogP contribution in [0.3, 0.4) is 0 Å². The Kier molecular flexibility index (Phi) is 10.9. The molecule has 47 heavy (non-hydrogen) atoms. The number of nitrogens with one attached hydrogen (secondary N) is 3. The van der Waals surface area contributed by atoms with Crippen LogP contribution in [-0.4, -0.2) is 53.0 Å². The molecule has 0 atom stereocenters. The van der Waals surface area contributed by atoms with Crippen molar-refractivity contribution in [1.82, 2.24) is 14.4 Å². The normalized spacial score (nSPS) is 11.5. The van der Waals surface area contributed by atoms with Gasteiger partial charge in [-0.2, -0.15) is 5.26 Å². The van der Waals surface area contributed by atoms with Gasteiger partial charge in [-0.25, -0.2) is 22.5 Å². The predicted octanol–water partition coefficient (Wildman–Crippen LogP) is 6.03. The van der Waals surface area contributed by atoms with E-state index in [1.165, 1.54) is 6.92 Å². The van der Waals surface area contributed by atoms with E-state index in [2.05, 4.69) is 26.1 Å². The summed E-state index contributed by atoms with van der Waals surface area (Å²) < 4.78 is 31.0. The summed E-state index contributed by atoms with van der Waals surface area (Å²) in [6.07, 6.45) is 2.01. The summed E-state index contributed by atoms with van der Waals surface area (Å²) in [4.78, 5) is 41.6. The van der Waals surface area contributed by atoms with Crippen LogP contribution in [0.5, 0.6) is 0 Å². The highest BCUT2D eigenvalue weighted by Gasteiger charge is 2.25. The van der Waals surface area contributed by atoms with Crippen LogP contribution in [0.1, 0.15) is 59.1 Å². The lowest BCUT2D eigenvalue weighted by Crippen LogP contribution is -2.38. The van der Waals surface area contributed by atoms with Gasteiger partial charge in [0.25, 0.3) is 0 Å². The van der Waals surface area contributed by atoms with E-state index in [1.54, 1.807) is 30.5 Å². The molecule has 4 aromatic rings. The number of amides is 4. The monoisotopic (exact) mass is 659 g/mol. The molecule has 0 saturated carbocycles. The second kappa shape index (κ2) is 14.9. The van der Waals surface area contributed by atoms with E-state index in [9.17, 15) is 22.8 Å². The van der Waals surface area contributed by atoms with Gasteiger partial charge in [0.2, 0.25) is 21.8 Å². The molecule has 0 saturated heterocycles. The summed E-state index contributed by atoms with van der Waals surface area (Å²) in [5, 5.41) is 22.6. The maximum atomic E-state index is 12.8. The molecule has 0 aliphatic carbocycles. The summed E-state index contributed by atoms with van der Waals surface area (Å²) >= 11 is 0. The molecule has 246 valence electrons. The molecule has 4 rings (SSSR count). The molecule has 0 bridgehead atoms. The van der Waals surface area contributed by atoms with Gasteiger partial charge in [-0.3, -0.25) is 14.9 Å². The molecular weight excluding hydrogens is 622 g/mol. The third-order valence-electron chi connectivity index (χ3n) is 7.20. The molecule has 0 spiro atoms. The molecule has 3 N–H and O–H groups in total. The fourth-order valence-corrected chi connectivity index (χ4v) is 6.20. The highest BCUT2D eigenvalue weighted by molar-refractivity contribution is 7.89. The van der Waals surface area contributed by atoms with E-state index < -0.39 is 28.5 Å². The molecule has 0 radical (unpaired) electrons. The van der Waals surface area contributed by atoms with Crippen molar-refractivity contribution < 1.29 is 27.3 Å². The molecule has 2 aromatic heterocycles. The molecule has 0 aliphatic rings. The second-order valence-corrected chi connectivity index (χ2v) is 13.8. The third kappa shape index (κ3) is 8.92. The number of unbranched alkanes of at least 4 members (excludes halogenated alkanes) is 1.